The first-order valence-corrected chi connectivity index (χ1v) is 7.43. The van der Waals surface area contributed by atoms with E-state index in [2.05, 4.69) is 5.10 Å². The number of rotatable bonds is 2. The number of hydrogen-bond donors (Lipinski definition) is 0. The lowest BCUT2D eigenvalue weighted by atomic mass is 10.1. The van der Waals surface area contributed by atoms with Crippen molar-refractivity contribution in [3.63, 3.8) is 0 Å². The van der Waals surface area contributed by atoms with Gasteiger partial charge in [0, 0.05) is 0 Å². The number of carbonyl (C=O) groups excluding carboxylic acids is 1. The Kier molecular flexibility index (Phi) is 4.01. The highest BCUT2D eigenvalue weighted by atomic mass is 35.5. The van der Waals surface area contributed by atoms with E-state index in [9.17, 15) is 4.79 Å². The Hall–Kier alpha value is -2.10. The number of benzene rings is 2. The Morgan fingerprint density at radius 1 is 1.05 bits per heavy atom. The molecule has 1 aliphatic heterocycles. The minimum absolute atomic E-state index is 0.158. The fourth-order valence-corrected chi connectivity index (χ4v) is 2.50. The van der Waals surface area contributed by atoms with E-state index in [1.54, 1.807) is 18.2 Å². The SMILES string of the molecule is CC1=NN(c2ccccc2)C(=O)/C1=C\c1ccc(Cl)c(Cl)c1. The third-order valence-corrected chi connectivity index (χ3v) is 4.06. The molecule has 2 aromatic carbocycles. The molecule has 2 aromatic rings. The van der Waals surface area contributed by atoms with Crippen LogP contribution in [0.25, 0.3) is 6.08 Å². The second kappa shape index (κ2) is 5.95. The molecule has 110 valence electrons. The smallest absolute Gasteiger partial charge is 0.267 e. The molecule has 3 rings (SSSR count). The molecule has 0 N–H and O–H groups in total. The van der Waals surface area contributed by atoms with Crippen LogP contribution in [-0.4, -0.2) is 11.6 Å². The number of halogens is 2. The van der Waals surface area contributed by atoms with Crippen molar-refractivity contribution >= 4 is 46.6 Å². The molecule has 22 heavy (non-hydrogen) atoms. The van der Waals surface area contributed by atoms with Gasteiger partial charge < -0.3 is 0 Å². The highest BCUT2D eigenvalue weighted by molar-refractivity contribution is 6.42. The summed E-state index contributed by atoms with van der Waals surface area (Å²) in [6.07, 6.45) is 1.77. The minimum atomic E-state index is -0.158. The van der Waals surface area contributed by atoms with E-state index in [4.69, 9.17) is 23.2 Å². The molecule has 0 bridgehead atoms. The van der Waals surface area contributed by atoms with Crippen LogP contribution in [0.5, 0.6) is 0 Å². The monoisotopic (exact) mass is 330 g/mol. The second-order valence-corrected chi connectivity index (χ2v) is 5.68. The predicted molar refractivity (Wildman–Crippen MR) is 91.5 cm³/mol. The van der Waals surface area contributed by atoms with Crippen LogP contribution < -0.4 is 5.01 Å². The van der Waals surface area contributed by atoms with Crippen molar-refractivity contribution in [2.45, 2.75) is 6.92 Å². The molecular formula is C17H12Cl2N2O. The van der Waals surface area contributed by atoms with Crippen molar-refractivity contribution in [3.05, 3.63) is 69.7 Å². The van der Waals surface area contributed by atoms with E-state index in [1.807, 2.05) is 43.3 Å². The van der Waals surface area contributed by atoms with Crippen LogP contribution in [-0.2, 0) is 4.79 Å². The zero-order valence-corrected chi connectivity index (χ0v) is 13.3. The average molecular weight is 331 g/mol. The van der Waals surface area contributed by atoms with Gasteiger partial charge in [-0.3, -0.25) is 4.79 Å². The first-order valence-electron chi connectivity index (χ1n) is 6.68. The lowest BCUT2D eigenvalue weighted by molar-refractivity contribution is -0.114. The number of hydrazone groups is 1. The first-order chi connectivity index (χ1) is 10.6. The highest BCUT2D eigenvalue weighted by Crippen LogP contribution is 2.27. The van der Waals surface area contributed by atoms with Crippen LogP contribution in [0.15, 0.2) is 59.2 Å². The summed E-state index contributed by atoms with van der Waals surface area (Å²) in [4.78, 5) is 12.6. The van der Waals surface area contributed by atoms with Crippen LogP contribution in [0.3, 0.4) is 0 Å². The molecule has 0 fully saturated rings. The van der Waals surface area contributed by atoms with E-state index in [0.717, 1.165) is 11.3 Å². The van der Waals surface area contributed by atoms with Crippen LogP contribution in [0.2, 0.25) is 10.0 Å². The number of carbonyl (C=O) groups is 1. The van der Waals surface area contributed by atoms with Gasteiger partial charge in [-0.1, -0.05) is 47.5 Å². The maximum atomic E-state index is 12.6. The van der Waals surface area contributed by atoms with Crippen molar-refractivity contribution < 1.29 is 4.79 Å². The van der Waals surface area contributed by atoms with Gasteiger partial charge in [-0.2, -0.15) is 10.1 Å². The minimum Gasteiger partial charge on any atom is -0.267 e. The quantitative estimate of drug-likeness (QED) is 0.728. The van der Waals surface area contributed by atoms with Crippen molar-refractivity contribution in [2.75, 3.05) is 5.01 Å². The number of anilines is 1. The topological polar surface area (TPSA) is 32.7 Å². The van der Waals surface area contributed by atoms with Gasteiger partial charge in [-0.05, 0) is 42.8 Å². The van der Waals surface area contributed by atoms with Crippen molar-refractivity contribution in [1.82, 2.24) is 0 Å². The Morgan fingerprint density at radius 3 is 2.45 bits per heavy atom. The van der Waals surface area contributed by atoms with E-state index in [1.165, 1.54) is 5.01 Å². The molecule has 3 nitrogen and oxygen atoms in total. The van der Waals surface area contributed by atoms with E-state index >= 15 is 0 Å². The summed E-state index contributed by atoms with van der Waals surface area (Å²) in [5.74, 6) is -0.158. The Labute approximate surface area is 138 Å². The molecule has 0 saturated carbocycles. The fourth-order valence-electron chi connectivity index (χ4n) is 2.20. The molecule has 0 unspecified atom stereocenters. The highest BCUT2D eigenvalue weighted by Gasteiger charge is 2.28. The summed E-state index contributed by atoms with van der Waals surface area (Å²) in [5.41, 5.74) is 2.76. The number of hydrogen-bond acceptors (Lipinski definition) is 2. The Bertz CT molecular complexity index is 798. The number of para-hydroxylation sites is 1. The van der Waals surface area contributed by atoms with Crippen LogP contribution in [0, 0.1) is 0 Å². The molecule has 5 heteroatoms. The standard InChI is InChI=1S/C17H12Cl2N2O/c1-11-14(9-12-7-8-15(18)16(19)10-12)17(22)21(20-11)13-5-3-2-4-6-13/h2-10H,1H3/b14-9-. The molecule has 0 atom stereocenters. The van der Waals surface area contributed by atoms with E-state index in [0.29, 0.717) is 21.3 Å². The molecule has 0 aliphatic carbocycles. The lowest BCUT2D eigenvalue weighted by Gasteiger charge is -2.11. The van der Waals surface area contributed by atoms with Gasteiger partial charge in [0.1, 0.15) is 0 Å². The van der Waals surface area contributed by atoms with Gasteiger partial charge in [0.05, 0.1) is 27.0 Å². The molecule has 0 saturated heterocycles. The lowest BCUT2D eigenvalue weighted by Crippen LogP contribution is -2.21. The maximum Gasteiger partial charge on any atom is 0.280 e. The van der Waals surface area contributed by atoms with Crippen molar-refractivity contribution in [2.24, 2.45) is 5.10 Å². The Balaban J connectivity index is 1.96. The van der Waals surface area contributed by atoms with Crippen molar-refractivity contribution in [1.29, 1.82) is 0 Å². The zero-order chi connectivity index (χ0) is 15.7. The third-order valence-electron chi connectivity index (χ3n) is 3.32. The summed E-state index contributed by atoms with van der Waals surface area (Å²) >= 11 is 11.9. The molecule has 0 spiro atoms. The van der Waals surface area contributed by atoms with Crippen LogP contribution >= 0.6 is 23.2 Å². The van der Waals surface area contributed by atoms with Gasteiger partial charge in [0.2, 0.25) is 0 Å². The van der Waals surface area contributed by atoms with Gasteiger partial charge >= 0.3 is 0 Å². The summed E-state index contributed by atoms with van der Waals surface area (Å²) in [6, 6.07) is 14.6. The van der Waals surface area contributed by atoms with Gasteiger partial charge in [0.15, 0.2) is 0 Å². The zero-order valence-electron chi connectivity index (χ0n) is 11.8. The van der Waals surface area contributed by atoms with E-state index < -0.39 is 0 Å². The molecule has 0 radical (unpaired) electrons. The summed E-state index contributed by atoms with van der Waals surface area (Å²) < 4.78 is 0. The van der Waals surface area contributed by atoms with Crippen LogP contribution in [0.4, 0.5) is 5.69 Å². The summed E-state index contributed by atoms with van der Waals surface area (Å²) in [6.45, 7) is 1.81. The fraction of sp³-hybridized carbons (Fsp3) is 0.0588. The Morgan fingerprint density at radius 2 is 1.77 bits per heavy atom. The molecular weight excluding hydrogens is 319 g/mol. The summed E-state index contributed by atoms with van der Waals surface area (Å²) in [5, 5.41) is 6.67. The third kappa shape index (κ3) is 2.78. The van der Waals surface area contributed by atoms with E-state index in [-0.39, 0.29) is 5.91 Å². The molecule has 1 amide bonds. The maximum absolute atomic E-state index is 12.6. The average Bonchev–Trinajstić information content (AvgIpc) is 2.80. The summed E-state index contributed by atoms with van der Waals surface area (Å²) in [7, 11) is 0. The molecule has 1 aliphatic rings. The van der Waals surface area contributed by atoms with Gasteiger partial charge in [-0.15, -0.1) is 0 Å². The second-order valence-electron chi connectivity index (χ2n) is 4.87. The largest absolute Gasteiger partial charge is 0.280 e. The number of amides is 1. The molecule has 0 aromatic heterocycles. The van der Waals surface area contributed by atoms with Crippen molar-refractivity contribution in [3.8, 4) is 0 Å². The first kappa shape index (κ1) is 14.8. The molecule has 1 heterocycles. The van der Waals surface area contributed by atoms with Gasteiger partial charge in [-0.25, -0.2) is 0 Å². The predicted octanol–water partition coefficient (Wildman–Crippen LogP) is 4.80. The van der Waals surface area contributed by atoms with Crippen LogP contribution in [0.1, 0.15) is 12.5 Å². The normalized spacial score (nSPS) is 16.3. The number of nitrogens with zero attached hydrogens (tertiary/aromatic N) is 2. The van der Waals surface area contributed by atoms with Gasteiger partial charge in [0.25, 0.3) is 5.91 Å².